The third-order valence-corrected chi connectivity index (χ3v) is 7.56. The molecule has 0 radical (unpaired) electrons. The SMILES string of the molecule is CCc1cccc(CC)c1N(CC1SCCS1)C(CC)C(=O)Cl. The Morgan fingerprint density at radius 1 is 1.22 bits per heavy atom. The van der Waals surface area contributed by atoms with Crippen LogP contribution < -0.4 is 4.90 Å². The molecule has 1 fully saturated rings. The van der Waals surface area contributed by atoms with Crippen LogP contribution in [0.2, 0.25) is 0 Å². The van der Waals surface area contributed by atoms with Gasteiger partial charge in [-0.1, -0.05) is 39.0 Å². The lowest BCUT2D eigenvalue weighted by atomic mass is 10.00. The first-order valence-electron chi connectivity index (χ1n) is 8.42. The van der Waals surface area contributed by atoms with Gasteiger partial charge in [-0.15, -0.1) is 23.5 Å². The highest BCUT2D eigenvalue weighted by Gasteiger charge is 2.30. The minimum Gasteiger partial charge on any atom is -0.358 e. The van der Waals surface area contributed by atoms with Crippen LogP contribution in [0.5, 0.6) is 0 Å². The van der Waals surface area contributed by atoms with Gasteiger partial charge in [-0.3, -0.25) is 4.79 Å². The number of hydrogen-bond acceptors (Lipinski definition) is 4. The lowest BCUT2D eigenvalue weighted by molar-refractivity contribution is -0.112. The quantitative estimate of drug-likeness (QED) is 0.601. The number of nitrogens with zero attached hydrogens (tertiary/aromatic N) is 1. The Hall–Kier alpha value is -0.320. The summed E-state index contributed by atoms with van der Waals surface area (Å²) in [6.07, 6.45) is 2.68. The first kappa shape index (κ1) is 19.0. The fourth-order valence-electron chi connectivity index (χ4n) is 3.14. The second-order valence-electron chi connectivity index (χ2n) is 5.68. The van der Waals surface area contributed by atoms with Crippen LogP contribution in [-0.4, -0.2) is 33.9 Å². The van der Waals surface area contributed by atoms with Crippen molar-refractivity contribution in [2.75, 3.05) is 23.0 Å². The van der Waals surface area contributed by atoms with E-state index in [1.165, 1.54) is 28.3 Å². The summed E-state index contributed by atoms with van der Waals surface area (Å²) in [5, 5.41) is -0.242. The van der Waals surface area contributed by atoms with Crippen molar-refractivity contribution >= 4 is 46.1 Å². The van der Waals surface area contributed by atoms with Crippen molar-refractivity contribution in [3.8, 4) is 0 Å². The molecule has 0 amide bonds. The van der Waals surface area contributed by atoms with E-state index in [4.69, 9.17) is 11.6 Å². The number of carbonyl (C=O) groups is 1. The van der Waals surface area contributed by atoms with E-state index in [1.807, 2.05) is 30.4 Å². The summed E-state index contributed by atoms with van der Waals surface area (Å²) >= 11 is 9.97. The highest BCUT2D eigenvalue weighted by atomic mass is 35.5. The molecule has 1 unspecified atom stereocenters. The maximum Gasteiger partial charge on any atom is 0.244 e. The van der Waals surface area contributed by atoms with Gasteiger partial charge in [-0.2, -0.15) is 0 Å². The molecule has 1 aliphatic heterocycles. The van der Waals surface area contributed by atoms with E-state index in [1.54, 1.807) is 0 Å². The molecule has 1 aliphatic rings. The number of halogens is 1. The molecular weight excluding hydrogens is 346 g/mol. The van der Waals surface area contributed by atoms with Crippen molar-refractivity contribution in [1.29, 1.82) is 0 Å². The Labute approximate surface area is 153 Å². The first-order chi connectivity index (χ1) is 11.1. The zero-order valence-electron chi connectivity index (χ0n) is 14.2. The Bertz CT molecular complexity index is 510. The van der Waals surface area contributed by atoms with Gasteiger partial charge in [0.15, 0.2) is 0 Å². The molecule has 1 aromatic carbocycles. The summed E-state index contributed by atoms with van der Waals surface area (Å²) in [6.45, 7) is 7.29. The molecule has 2 nitrogen and oxygen atoms in total. The average molecular weight is 372 g/mol. The lowest BCUT2D eigenvalue weighted by Crippen LogP contribution is -2.43. The minimum atomic E-state index is -0.242. The summed E-state index contributed by atoms with van der Waals surface area (Å²) < 4.78 is 0.523. The first-order valence-corrected chi connectivity index (χ1v) is 10.9. The van der Waals surface area contributed by atoms with E-state index in [9.17, 15) is 4.79 Å². The minimum absolute atomic E-state index is 0.239. The Morgan fingerprint density at radius 2 is 1.78 bits per heavy atom. The molecule has 1 heterocycles. The number of benzene rings is 1. The van der Waals surface area contributed by atoms with Gasteiger partial charge < -0.3 is 4.90 Å². The molecule has 0 spiro atoms. The Kier molecular flexibility index (Phi) is 7.64. The van der Waals surface area contributed by atoms with Crippen molar-refractivity contribution in [2.45, 2.75) is 50.7 Å². The second kappa shape index (κ2) is 9.24. The molecule has 0 bridgehead atoms. The summed E-state index contributed by atoms with van der Waals surface area (Å²) in [6, 6.07) is 6.25. The molecule has 0 aromatic heterocycles. The van der Waals surface area contributed by atoms with Gasteiger partial charge in [0.1, 0.15) is 6.04 Å². The molecule has 23 heavy (non-hydrogen) atoms. The normalized spacial score (nSPS) is 16.5. The maximum atomic E-state index is 12.1. The third kappa shape index (κ3) is 4.61. The fraction of sp³-hybridized carbons (Fsp3) is 0.611. The van der Waals surface area contributed by atoms with E-state index >= 15 is 0 Å². The van der Waals surface area contributed by atoms with E-state index in [0.717, 1.165) is 25.8 Å². The molecule has 5 heteroatoms. The van der Waals surface area contributed by atoms with E-state index in [0.29, 0.717) is 4.58 Å². The molecule has 0 aliphatic carbocycles. The molecular formula is C18H26ClNOS2. The van der Waals surface area contributed by atoms with E-state index in [-0.39, 0.29) is 11.3 Å². The molecule has 128 valence electrons. The van der Waals surface area contributed by atoms with Crippen LogP contribution in [0.1, 0.15) is 38.3 Å². The van der Waals surface area contributed by atoms with Gasteiger partial charge in [0.05, 0.1) is 4.58 Å². The fourth-order valence-corrected chi connectivity index (χ4v) is 6.20. The molecule has 1 atom stereocenters. The van der Waals surface area contributed by atoms with Gasteiger partial charge in [0, 0.05) is 23.7 Å². The highest BCUT2D eigenvalue weighted by molar-refractivity contribution is 8.20. The van der Waals surface area contributed by atoms with Gasteiger partial charge >= 0.3 is 0 Å². The summed E-state index contributed by atoms with van der Waals surface area (Å²) in [7, 11) is 0. The number of rotatable bonds is 8. The van der Waals surface area contributed by atoms with Gasteiger partial charge in [0.2, 0.25) is 5.24 Å². The monoisotopic (exact) mass is 371 g/mol. The highest BCUT2D eigenvalue weighted by Crippen LogP contribution is 2.37. The van der Waals surface area contributed by atoms with Crippen LogP contribution in [0, 0.1) is 0 Å². The smallest absolute Gasteiger partial charge is 0.244 e. The van der Waals surface area contributed by atoms with E-state index < -0.39 is 0 Å². The van der Waals surface area contributed by atoms with Crippen molar-refractivity contribution in [2.24, 2.45) is 0 Å². The van der Waals surface area contributed by atoms with Crippen LogP contribution >= 0.6 is 35.1 Å². The summed E-state index contributed by atoms with van der Waals surface area (Å²) in [5.74, 6) is 2.40. The van der Waals surface area contributed by atoms with Crippen LogP contribution in [-0.2, 0) is 17.6 Å². The lowest BCUT2D eigenvalue weighted by Gasteiger charge is -2.35. The van der Waals surface area contributed by atoms with Crippen molar-refractivity contribution in [3.63, 3.8) is 0 Å². The van der Waals surface area contributed by atoms with Crippen molar-refractivity contribution in [3.05, 3.63) is 29.3 Å². The van der Waals surface area contributed by atoms with Gasteiger partial charge in [-0.05, 0) is 42.0 Å². The molecule has 1 saturated heterocycles. The van der Waals surface area contributed by atoms with Crippen LogP contribution in [0.25, 0.3) is 0 Å². The van der Waals surface area contributed by atoms with Crippen LogP contribution in [0.15, 0.2) is 18.2 Å². The van der Waals surface area contributed by atoms with Crippen molar-refractivity contribution in [1.82, 2.24) is 0 Å². The molecule has 1 aromatic rings. The largest absolute Gasteiger partial charge is 0.358 e. The topological polar surface area (TPSA) is 20.3 Å². The number of hydrogen-bond donors (Lipinski definition) is 0. The van der Waals surface area contributed by atoms with Gasteiger partial charge in [0.25, 0.3) is 0 Å². The Balaban J connectivity index is 2.45. The zero-order chi connectivity index (χ0) is 16.8. The molecule has 2 rings (SSSR count). The predicted octanol–water partition coefficient (Wildman–Crippen LogP) is 4.97. The van der Waals surface area contributed by atoms with Crippen LogP contribution in [0.3, 0.4) is 0 Å². The van der Waals surface area contributed by atoms with Gasteiger partial charge in [-0.25, -0.2) is 0 Å². The predicted molar refractivity (Wildman–Crippen MR) is 106 cm³/mol. The number of para-hydroxylation sites is 1. The standard InChI is InChI=1S/C18H26ClNOS2/c1-4-13-8-7-9-14(5-2)17(13)20(15(6-3)18(19)21)12-16-22-10-11-23-16/h7-9,15-16H,4-6,10-12H2,1-3H3. The van der Waals surface area contributed by atoms with E-state index in [2.05, 4.69) is 36.9 Å². The van der Waals surface area contributed by atoms with Crippen molar-refractivity contribution < 1.29 is 4.79 Å². The maximum absolute atomic E-state index is 12.1. The number of aryl methyl sites for hydroxylation is 2. The summed E-state index contributed by atoms with van der Waals surface area (Å²) in [5.41, 5.74) is 3.87. The number of anilines is 1. The second-order valence-corrected chi connectivity index (χ2v) is 8.98. The Morgan fingerprint density at radius 3 is 2.22 bits per heavy atom. The zero-order valence-corrected chi connectivity index (χ0v) is 16.6. The number of carbonyl (C=O) groups excluding carboxylic acids is 1. The third-order valence-electron chi connectivity index (χ3n) is 4.31. The number of thioether (sulfide) groups is 2. The van der Waals surface area contributed by atoms with Crippen LogP contribution in [0.4, 0.5) is 5.69 Å². The average Bonchev–Trinajstić information content (AvgIpc) is 3.06. The molecule has 0 N–H and O–H groups in total. The summed E-state index contributed by atoms with van der Waals surface area (Å²) in [4.78, 5) is 14.4. The molecule has 0 saturated carbocycles.